The minimum atomic E-state index is -3.93. The quantitative estimate of drug-likeness (QED) is 0.660. The summed E-state index contributed by atoms with van der Waals surface area (Å²) in [6, 6.07) is 1.87. The van der Waals surface area contributed by atoms with Gasteiger partial charge in [0.2, 0.25) is 21.9 Å². The Kier molecular flexibility index (Phi) is 6.37. The van der Waals surface area contributed by atoms with Crippen LogP contribution in [0, 0.1) is 24.0 Å². The zero-order valence-corrected chi connectivity index (χ0v) is 18.7. The molecule has 1 aliphatic heterocycles. The Morgan fingerprint density at radius 3 is 2.64 bits per heavy atom. The third kappa shape index (κ3) is 4.93. The van der Waals surface area contributed by atoms with Gasteiger partial charge in [-0.15, -0.1) is 6.42 Å². The average molecular weight is 479 g/mol. The molecule has 0 bridgehead atoms. The lowest BCUT2D eigenvalue weighted by atomic mass is 9.92. The van der Waals surface area contributed by atoms with Crippen LogP contribution in [0.2, 0.25) is 0 Å². The summed E-state index contributed by atoms with van der Waals surface area (Å²) in [5.41, 5.74) is 3.27. The fraction of sp³-hybridized carbons (Fsp3) is 0.286. The molecule has 0 fully saturated rings. The monoisotopic (exact) mass is 479 g/mol. The summed E-state index contributed by atoms with van der Waals surface area (Å²) in [6.45, 7) is 2.91. The Labute approximate surface area is 189 Å². The molecule has 0 saturated carbocycles. The number of benzene rings is 1. The molecule has 33 heavy (non-hydrogen) atoms. The molecule has 0 spiro atoms. The minimum Gasteiger partial charge on any atom is -0.460 e. The van der Waals surface area contributed by atoms with Gasteiger partial charge in [-0.2, -0.15) is 0 Å². The standard InChI is InChI=1S/C21H20F3N5O3S/c1-5-12(2)32-18-10-26-17(9-27-18)15(22)7-13-6-14(19(24)16(23)8-13)21(3)11-33(30,31)29(4)20(25)28-21/h1,6-10,12H,11H2,2-4H3,(H2,25,28)/b15-7-. The molecule has 1 aromatic carbocycles. The molecule has 0 aliphatic carbocycles. The lowest BCUT2D eigenvalue weighted by molar-refractivity contribution is 0.266. The molecular weight excluding hydrogens is 459 g/mol. The van der Waals surface area contributed by atoms with Gasteiger partial charge in [-0.1, -0.05) is 5.92 Å². The van der Waals surface area contributed by atoms with Gasteiger partial charge in [0.1, 0.15) is 11.2 Å². The molecule has 2 unspecified atom stereocenters. The number of sulfonamides is 1. The van der Waals surface area contributed by atoms with E-state index >= 15 is 0 Å². The predicted molar refractivity (Wildman–Crippen MR) is 117 cm³/mol. The summed E-state index contributed by atoms with van der Waals surface area (Å²) in [6.07, 6.45) is 7.80. The Morgan fingerprint density at radius 2 is 2.06 bits per heavy atom. The summed E-state index contributed by atoms with van der Waals surface area (Å²) in [7, 11) is -2.74. The van der Waals surface area contributed by atoms with Gasteiger partial charge in [0, 0.05) is 12.6 Å². The molecule has 2 N–H and O–H groups in total. The van der Waals surface area contributed by atoms with Crippen LogP contribution < -0.4 is 10.5 Å². The Bertz CT molecular complexity index is 1290. The van der Waals surface area contributed by atoms with E-state index in [0.29, 0.717) is 0 Å². The van der Waals surface area contributed by atoms with E-state index in [9.17, 15) is 21.6 Å². The fourth-order valence-electron chi connectivity index (χ4n) is 3.11. The van der Waals surface area contributed by atoms with Crippen molar-refractivity contribution in [2.45, 2.75) is 25.5 Å². The second-order valence-electron chi connectivity index (χ2n) is 7.49. The first-order chi connectivity index (χ1) is 15.4. The highest BCUT2D eigenvalue weighted by Crippen LogP contribution is 2.35. The number of aromatic nitrogens is 2. The van der Waals surface area contributed by atoms with Gasteiger partial charge in [-0.25, -0.2) is 40.9 Å². The van der Waals surface area contributed by atoms with Crippen LogP contribution in [0.25, 0.3) is 11.9 Å². The second-order valence-corrected chi connectivity index (χ2v) is 9.49. The maximum Gasteiger partial charge on any atom is 0.239 e. The van der Waals surface area contributed by atoms with Crippen LogP contribution in [0.1, 0.15) is 30.7 Å². The van der Waals surface area contributed by atoms with Crippen LogP contribution in [-0.4, -0.2) is 47.6 Å². The van der Waals surface area contributed by atoms with Gasteiger partial charge >= 0.3 is 0 Å². The van der Waals surface area contributed by atoms with Crippen molar-refractivity contribution in [1.82, 2.24) is 14.3 Å². The number of rotatable bonds is 5. The van der Waals surface area contributed by atoms with Gasteiger partial charge < -0.3 is 10.5 Å². The molecule has 174 valence electrons. The molecule has 2 aromatic rings. The van der Waals surface area contributed by atoms with Crippen molar-refractivity contribution in [2.75, 3.05) is 12.8 Å². The Morgan fingerprint density at radius 1 is 1.36 bits per heavy atom. The van der Waals surface area contributed by atoms with E-state index in [4.69, 9.17) is 16.9 Å². The summed E-state index contributed by atoms with van der Waals surface area (Å²) in [4.78, 5) is 11.8. The molecule has 0 amide bonds. The number of ether oxygens (including phenoxy) is 1. The first kappa shape index (κ1) is 24.1. The molecule has 2 atom stereocenters. The van der Waals surface area contributed by atoms with Gasteiger partial charge in [0.15, 0.2) is 23.6 Å². The SMILES string of the molecule is C#CC(C)Oc1cnc(/C(F)=C/c2cc(F)c(F)c(C3(C)CS(=O)(=O)N(C)C(N)=N3)c2)cn1. The van der Waals surface area contributed by atoms with E-state index in [0.717, 1.165) is 34.9 Å². The van der Waals surface area contributed by atoms with Crippen molar-refractivity contribution in [3.8, 4) is 18.2 Å². The highest BCUT2D eigenvalue weighted by Gasteiger charge is 2.42. The second kappa shape index (κ2) is 8.74. The number of guanidine groups is 1. The lowest BCUT2D eigenvalue weighted by Crippen LogP contribution is -2.50. The fourth-order valence-corrected chi connectivity index (χ4v) is 4.56. The smallest absolute Gasteiger partial charge is 0.239 e. The summed E-state index contributed by atoms with van der Waals surface area (Å²) >= 11 is 0. The van der Waals surface area contributed by atoms with E-state index in [2.05, 4.69) is 20.9 Å². The zero-order chi connectivity index (χ0) is 24.6. The Balaban J connectivity index is 2.00. The van der Waals surface area contributed by atoms with Gasteiger partial charge in [-0.3, -0.25) is 0 Å². The summed E-state index contributed by atoms with van der Waals surface area (Å²) in [5.74, 6) is -2.14. The molecule has 12 heteroatoms. The number of halogens is 3. The highest BCUT2D eigenvalue weighted by molar-refractivity contribution is 7.89. The van der Waals surface area contributed by atoms with Crippen molar-refractivity contribution < 1.29 is 26.3 Å². The normalized spacial score (nSPS) is 21.2. The third-order valence-electron chi connectivity index (χ3n) is 4.89. The van der Waals surface area contributed by atoms with Crippen LogP contribution in [0.4, 0.5) is 13.2 Å². The summed E-state index contributed by atoms with van der Waals surface area (Å²) in [5, 5.41) is 0. The Hall–Kier alpha value is -3.59. The van der Waals surface area contributed by atoms with Crippen molar-refractivity contribution in [2.24, 2.45) is 10.7 Å². The van der Waals surface area contributed by atoms with Crippen molar-refractivity contribution >= 4 is 27.9 Å². The largest absolute Gasteiger partial charge is 0.460 e. The minimum absolute atomic E-state index is 0.0824. The van der Waals surface area contributed by atoms with E-state index < -0.39 is 44.9 Å². The molecule has 8 nitrogen and oxygen atoms in total. The number of hydrogen-bond donors (Lipinski definition) is 1. The van der Waals surface area contributed by atoms with E-state index in [1.54, 1.807) is 6.92 Å². The van der Waals surface area contributed by atoms with Crippen molar-refractivity contribution in [1.29, 1.82) is 0 Å². The van der Waals surface area contributed by atoms with E-state index in [-0.39, 0.29) is 28.7 Å². The molecule has 0 radical (unpaired) electrons. The molecular formula is C21H20F3N5O3S. The number of aliphatic imine (C=N–C) groups is 1. The van der Waals surface area contributed by atoms with Gasteiger partial charge in [0.05, 0.1) is 18.1 Å². The van der Waals surface area contributed by atoms with Crippen LogP contribution in [0.3, 0.4) is 0 Å². The zero-order valence-electron chi connectivity index (χ0n) is 17.9. The molecule has 3 rings (SSSR count). The molecule has 1 aliphatic rings. The topological polar surface area (TPSA) is 111 Å². The first-order valence-corrected chi connectivity index (χ1v) is 11.1. The highest BCUT2D eigenvalue weighted by atomic mass is 32.2. The maximum absolute atomic E-state index is 14.7. The lowest BCUT2D eigenvalue weighted by Gasteiger charge is -2.34. The number of hydrogen-bond acceptors (Lipinski definition) is 7. The van der Waals surface area contributed by atoms with E-state index in [1.165, 1.54) is 14.0 Å². The van der Waals surface area contributed by atoms with Crippen LogP contribution in [-0.2, 0) is 15.6 Å². The predicted octanol–water partition coefficient (Wildman–Crippen LogP) is 2.43. The molecule has 2 heterocycles. The third-order valence-corrected chi connectivity index (χ3v) is 6.84. The maximum atomic E-state index is 14.7. The number of nitrogens with two attached hydrogens (primary N) is 1. The van der Waals surface area contributed by atoms with E-state index in [1.807, 2.05) is 0 Å². The van der Waals surface area contributed by atoms with Crippen molar-refractivity contribution in [3.05, 3.63) is 53.0 Å². The number of nitrogens with zero attached hydrogens (tertiary/aromatic N) is 4. The van der Waals surface area contributed by atoms with Crippen LogP contribution in [0.15, 0.2) is 29.5 Å². The first-order valence-electron chi connectivity index (χ1n) is 9.50. The molecule has 0 saturated heterocycles. The summed E-state index contributed by atoms with van der Waals surface area (Å²) < 4.78 is 74.5. The van der Waals surface area contributed by atoms with Gasteiger partial charge in [-0.05, 0) is 37.6 Å². The van der Waals surface area contributed by atoms with Gasteiger partial charge in [0.25, 0.3) is 0 Å². The average Bonchev–Trinajstić information content (AvgIpc) is 2.74. The number of terminal acetylenes is 1. The van der Waals surface area contributed by atoms with Crippen molar-refractivity contribution in [3.63, 3.8) is 0 Å². The van der Waals surface area contributed by atoms with Crippen LogP contribution in [0.5, 0.6) is 5.88 Å². The van der Waals surface area contributed by atoms with Crippen LogP contribution >= 0.6 is 0 Å². The molecule has 1 aromatic heterocycles.